The van der Waals surface area contributed by atoms with Crippen LogP contribution in [0.4, 0.5) is 5.69 Å². The Hall–Kier alpha value is -3.28. The van der Waals surface area contributed by atoms with Gasteiger partial charge in [-0.3, -0.25) is 14.1 Å². The third kappa shape index (κ3) is 10.7. The average molecular weight is 628 g/mol. The van der Waals surface area contributed by atoms with E-state index in [1.54, 1.807) is 30.3 Å². The maximum Gasteiger partial charge on any atom is 0.298 e. The zero-order chi connectivity index (χ0) is 31.4. The van der Waals surface area contributed by atoms with Gasteiger partial charge < -0.3 is 14.8 Å². The number of benzene rings is 2. The van der Waals surface area contributed by atoms with Crippen LogP contribution in [0.3, 0.4) is 0 Å². The molecule has 0 saturated carbocycles. The summed E-state index contributed by atoms with van der Waals surface area (Å²) in [5, 5.41) is 7.89. The van der Waals surface area contributed by atoms with Gasteiger partial charge in [0.05, 0.1) is 24.3 Å². The molecule has 44 heavy (non-hydrogen) atoms. The molecule has 2 amide bonds. The molecule has 2 aliphatic heterocycles. The van der Waals surface area contributed by atoms with Crippen molar-refractivity contribution < 1.29 is 32.0 Å². The van der Waals surface area contributed by atoms with Crippen molar-refractivity contribution in [2.24, 2.45) is 5.10 Å². The smallest absolute Gasteiger partial charge is 0.298 e. The molecule has 0 aromatic heterocycles. The van der Waals surface area contributed by atoms with Crippen molar-refractivity contribution in [3.8, 4) is 11.5 Å². The molecule has 0 radical (unpaired) electrons. The van der Waals surface area contributed by atoms with Gasteiger partial charge in [-0.1, -0.05) is 89.3 Å². The lowest BCUT2D eigenvalue weighted by Crippen LogP contribution is -2.29. The van der Waals surface area contributed by atoms with Crippen molar-refractivity contribution in [1.82, 2.24) is 5.32 Å². The van der Waals surface area contributed by atoms with Crippen molar-refractivity contribution in [3.05, 3.63) is 48.5 Å². The molecule has 1 saturated heterocycles. The second kappa shape index (κ2) is 16.7. The molecule has 10 nitrogen and oxygen atoms in total. The lowest BCUT2D eigenvalue weighted by Gasteiger charge is -2.15. The second-order valence-corrected chi connectivity index (χ2v) is 13.0. The van der Waals surface area contributed by atoms with Crippen LogP contribution in [0.1, 0.15) is 103 Å². The van der Waals surface area contributed by atoms with E-state index in [4.69, 9.17) is 9.47 Å². The number of amidine groups is 1. The minimum absolute atomic E-state index is 0.0991. The van der Waals surface area contributed by atoms with E-state index in [0.29, 0.717) is 30.8 Å². The first-order valence-corrected chi connectivity index (χ1v) is 17.4. The SMILES string of the molecule is CCCCCCCCCCCC1OC1CCCCC(=O)NC1=NN(c2ccc(Oc3ccccc3)c(S(=O)(=O)O)c2)C(=O)C1. The zero-order valence-corrected chi connectivity index (χ0v) is 26.4. The van der Waals surface area contributed by atoms with E-state index in [1.165, 1.54) is 69.9 Å². The van der Waals surface area contributed by atoms with Crippen molar-refractivity contribution in [2.75, 3.05) is 5.01 Å². The molecule has 2 atom stereocenters. The second-order valence-electron chi connectivity index (χ2n) is 11.6. The maximum absolute atomic E-state index is 12.7. The van der Waals surface area contributed by atoms with Crippen molar-refractivity contribution >= 4 is 33.5 Å². The van der Waals surface area contributed by atoms with Gasteiger partial charge in [-0.25, -0.2) is 0 Å². The number of carbonyl (C=O) groups excluding carboxylic acids is 2. The Kier molecular flexibility index (Phi) is 12.8. The fourth-order valence-corrected chi connectivity index (χ4v) is 6.06. The number of hydrogen-bond acceptors (Lipinski definition) is 7. The topological polar surface area (TPSA) is 138 Å². The molecule has 2 N–H and O–H groups in total. The fraction of sp³-hybridized carbons (Fsp3) is 0.545. The highest BCUT2D eigenvalue weighted by Gasteiger charge is 2.37. The van der Waals surface area contributed by atoms with Crippen LogP contribution >= 0.6 is 0 Å². The van der Waals surface area contributed by atoms with E-state index >= 15 is 0 Å². The van der Waals surface area contributed by atoms with Crippen LogP contribution in [-0.2, 0) is 24.4 Å². The molecule has 240 valence electrons. The molecule has 2 unspecified atom stereocenters. The van der Waals surface area contributed by atoms with Gasteiger partial charge in [0.1, 0.15) is 22.2 Å². The Morgan fingerprint density at radius 2 is 1.59 bits per heavy atom. The summed E-state index contributed by atoms with van der Waals surface area (Å²) < 4.78 is 45.4. The van der Waals surface area contributed by atoms with Gasteiger partial charge in [0.25, 0.3) is 16.0 Å². The van der Waals surface area contributed by atoms with Crippen LogP contribution in [-0.4, -0.2) is 42.8 Å². The number of amides is 2. The summed E-state index contributed by atoms with van der Waals surface area (Å²) in [5.74, 6) is -0.208. The first kappa shape index (κ1) is 33.6. The number of para-hydroxylation sites is 1. The molecule has 2 aromatic rings. The number of unbranched alkanes of at least 4 members (excludes halogenated alkanes) is 9. The normalized spacial score (nSPS) is 17.9. The Labute approximate surface area is 260 Å². The molecule has 4 rings (SSSR count). The van der Waals surface area contributed by atoms with E-state index in [0.717, 1.165) is 30.3 Å². The number of rotatable bonds is 19. The standard InChI is InChI=1S/C33H45N3O7S/c1-2-3-4-5-6-7-8-9-13-18-27-28(43-27)19-14-15-20-32(37)34-31-24-33(38)36(35-31)25-21-22-29(30(23-25)44(39,40)41)42-26-16-11-10-12-17-26/h10-12,16-17,21-23,27-28H,2-9,13-15,18-20,24H2,1H3,(H,34,35,37)(H,39,40,41). The summed E-state index contributed by atoms with van der Waals surface area (Å²) in [6.45, 7) is 2.25. The van der Waals surface area contributed by atoms with E-state index < -0.39 is 20.9 Å². The number of nitrogens with one attached hydrogen (secondary N) is 1. The van der Waals surface area contributed by atoms with Crippen LogP contribution < -0.4 is 15.1 Å². The van der Waals surface area contributed by atoms with E-state index in [-0.39, 0.29) is 29.6 Å². The van der Waals surface area contributed by atoms with E-state index in [1.807, 2.05) is 0 Å². The van der Waals surface area contributed by atoms with Crippen LogP contribution in [0.5, 0.6) is 11.5 Å². The third-order valence-corrected chi connectivity index (χ3v) is 8.78. The van der Waals surface area contributed by atoms with Gasteiger partial charge >= 0.3 is 0 Å². The number of carbonyl (C=O) groups is 2. The molecule has 0 aliphatic carbocycles. The third-order valence-electron chi connectivity index (χ3n) is 7.90. The van der Waals surface area contributed by atoms with Gasteiger partial charge in [-0.2, -0.15) is 18.5 Å². The van der Waals surface area contributed by atoms with Crippen LogP contribution in [0.15, 0.2) is 58.5 Å². The Morgan fingerprint density at radius 3 is 2.25 bits per heavy atom. The first-order chi connectivity index (χ1) is 21.2. The molecule has 0 bridgehead atoms. The summed E-state index contributed by atoms with van der Waals surface area (Å²) in [7, 11) is -4.68. The maximum atomic E-state index is 12.7. The van der Waals surface area contributed by atoms with Crippen LogP contribution in [0.25, 0.3) is 0 Å². The highest BCUT2D eigenvalue weighted by molar-refractivity contribution is 7.86. The molecular formula is C33H45N3O7S. The van der Waals surface area contributed by atoms with Gasteiger partial charge in [-0.15, -0.1) is 0 Å². The lowest BCUT2D eigenvalue weighted by molar-refractivity contribution is -0.119. The van der Waals surface area contributed by atoms with Gasteiger partial charge in [0.15, 0.2) is 0 Å². The van der Waals surface area contributed by atoms with E-state index in [9.17, 15) is 22.6 Å². The number of nitrogens with zero attached hydrogens (tertiary/aromatic N) is 2. The molecule has 0 spiro atoms. The molecule has 1 fully saturated rings. The molecule has 2 heterocycles. The summed E-state index contributed by atoms with van der Waals surface area (Å²) in [6, 6.07) is 12.4. The van der Waals surface area contributed by atoms with Crippen LogP contribution in [0.2, 0.25) is 0 Å². The Bertz CT molecular complexity index is 1380. The Balaban J connectivity index is 1.15. The molecule has 11 heteroatoms. The number of anilines is 1. The Morgan fingerprint density at radius 1 is 0.955 bits per heavy atom. The minimum atomic E-state index is -4.68. The van der Waals surface area contributed by atoms with Crippen molar-refractivity contribution in [3.63, 3.8) is 0 Å². The number of hydrogen-bond donors (Lipinski definition) is 2. The quantitative estimate of drug-likeness (QED) is 0.0959. The van der Waals surface area contributed by atoms with Crippen molar-refractivity contribution in [1.29, 1.82) is 0 Å². The highest BCUT2D eigenvalue weighted by atomic mass is 32.2. The monoisotopic (exact) mass is 627 g/mol. The number of hydrazone groups is 1. The van der Waals surface area contributed by atoms with E-state index in [2.05, 4.69) is 17.3 Å². The van der Waals surface area contributed by atoms with Gasteiger partial charge in [0.2, 0.25) is 5.91 Å². The molecule has 2 aromatic carbocycles. The minimum Gasteiger partial charge on any atom is -0.456 e. The summed E-state index contributed by atoms with van der Waals surface area (Å²) >= 11 is 0. The fourth-order valence-electron chi connectivity index (χ4n) is 5.43. The van der Waals surface area contributed by atoms with Crippen molar-refractivity contribution in [2.45, 2.75) is 120 Å². The molecule has 2 aliphatic rings. The predicted molar refractivity (Wildman–Crippen MR) is 169 cm³/mol. The average Bonchev–Trinajstić information content (AvgIpc) is 3.65. The van der Waals surface area contributed by atoms with Gasteiger partial charge in [0, 0.05) is 6.42 Å². The lowest BCUT2D eigenvalue weighted by atomic mass is 10.0. The number of epoxide rings is 1. The first-order valence-electron chi connectivity index (χ1n) is 15.9. The van der Waals surface area contributed by atoms with Crippen LogP contribution in [0, 0.1) is 0 Å². The molecular weight excluding hydrogens is 582 g/mol. The summed E-state index contributed by atoms with van der Waals surface area (Å²) in [5.41, 5.74) is 0.119. The largest absolute Gasteiger partial charge is 0.456 e. The predicted octanol–water partition coefficient (Wildman–Crippen LogP) is 7.14. The highest BCUT2D eigenvalue weighted by Crippen LogP contribution is 2.34. The number of ether oxygens (including phenoxy) is 2. The summed E-state index contributed by atoms with van der Waals surface area (Å²) in [4.78, 5) is 24.6. The zero-order valence-electron chi connectivity index (χ0n) is 25.6. The van der Waals surface area contributed by atoms with Gasteiger partial charge in [-0.05, 0) is 49.6 Å². The summed E-state index contributed by atoms with van der Waals surface area (Å²) in [6.07, 6.45) is 16.4.